The Hall–Kier alpha value is -2.45. The van der Waals surface area contributed by atoms with Gasteiger partial charge in [0.15, 0.2) is 11.5 Å². The number of nitrogens with one attached hydrogen (secondary N) is 1. The zero-order chi connectivity index (χ0) is 20.5. The van der Waals surface area contributed by atoms with E-state index in [0.717, 1.165) is 16.1 Å². The van der Waals surface area contributed by atoms with Crippen LogP contribution >= 0.6 is 11.6 Å². The van der Waals surface area contributed by atoms with Gasteiger partial charge >= 0.3 is 0 Å². The number of hydrogen-bond acceptors (Lipinski definition) is 5. The van der Waals surface area contributed by atoms with E-state index in [0.29, 0.717) is 27.8 Å². The number of anilines is 1. The fourth-order valence-electron chi connectivity index (χ4n) is 2.99. The number of aryl methyl sites for hydroxylation is 1. The number of halogens is 1. The van der Waals surface area contributed by atoms with Crippen molar-refractivity contribution in [2.45, 2.75) is 26.4 Å². The number of benzene rings is 2. The first-order valence-corrected chi connectivity index (χ1v) is 10.8. The van der Waals surface area contributed by atoms with Crippen molar-refractivity contribution in [2.24, 2.45) is 0 Å². The molecule has 0 bridgehead atoms. The van der Waals surface area contributed by atoms with Crippen LogP contribution in [0.25, 0.3) is 0 Å². The fourth-order valence-corrected chi connectivity index (χ4v) is 4.38. The van der Waals surface area contributed by atoms with Crippen LogP contribution in [0.2, 0.25) is 5.02 Å². The number of amides is 1. The maximum absolute atomic E-state index is 12.7. The Balaban J connectivity index is 1.78. The Labute approximate surface area is 169 Å². The van der Waals surface area contributed by atoms with Crippen LogP contribution < -0.4 is 19.1 Å². The first-order valence-electron chi connectivity index (χ1n) is 8.58. The van der Waals surface area contributed by atoms with Gasteiger partial charge in [0.25, 0.3) is 0 Å². The molecule has 1 atom stereocenters. The quantitative estimate of drug-likeness (QED) is 0.770. The van der Waals surface area contributed by atoms with Gasteiger partial charge in [-0.2, -0.15) is 0 Å². The number of carbonyl (C=O) groups is 1. The molecule has 0 unspecified atom stereocenters. The zero-order valence-electron chi connectivity index (χ0n) is 15.7. The van der Waals surface area contributed by atoms with Crippen LogP contribution in [-0.4, -0.2) is 33.4 Å². The largest absolute Gasteiger partial charge is 0.454 e. The number of hydrogen-bond donors (Lipinski definition) is 1. The van der Waals surface area contributed by atoms with Gasteiger partial charge in [-0.3, -0.25) is 9.10 Å². The summed E-state index contributed by atoms with van der Waals surface area (Å²) in [5.41, 5.74) is 1.89. The van der Waals surface area contributed by atoms with Crippen LogP contribution in [0.15, 0.2) is 36.4 Å². The Morgan fingerprint density at radius 1 is 1.21 bits per heavy atom. The molecular formula is C19H21ClN2O5S. The summed E-state index contributed by atoms with van der Waals surface area (Å²) in [4.78, 5) is 12.7. The molecule has 9 heteroatoms. The lowest BCUT2D eigenvalue weighted by Crippen LogP contribution is -2.48. The molecule has 0 saturated heterocycles. The highest BCUT2D eigenvalue weighted by atomic mass is 35.5. The van der Waals surface area contributed by atoms with E-state index in [1.807, 2.05) is 6.07 Å². The van der Waals surface area contributed by atoms with Gasteiger partial charge in [0.05, 0.1) is 11.9 Å². The van der Waals surface area contributed by atoms with Gasteiger partial charge in [-0.1, -0.05) is 23.7 Å². The third-order valence-corrected chi connectivity index (χ3v) is 5.86. The van der Waals surface area contributed by atoms with Crippen molar-refractivity contribution in [2.75, 3.05) is 17.4 Å². The molecule has 7 nitrogen and oxygen atoms in total. The Morgan fingerprint density at radius 2 is 1.93 bits per heavy atom. The summed E-state index contributed by atoms with van der Waals surface area (Å²) >= 11 is 6.04. The van der Waals surface area contributed by atoms with Crippen molar-refractivity contribution < 1.29 is 22.7 Å². The van der Waals surface area contributed by atoms with E-state index in [-0.39, 0.29) is 13.3 Å². The smallest absolute Gasteiger partial charge is 0.243 e. The van der Waals surface area contributed by atoms with Crippen LogP contribution in [0.4, 0.5) is 5.69 Å². The first-order chi connectivity index (χ1) is 13.2. The molecule has 28 heavy (non-hydrogen) atoms. The number of fused-ring (bicyclic) bond motifs is 1. The molecule has 0 radical (unpaired) electrons. The minimum Gasteiger partial charge on any atom is -0.454 e. The molecule has 2 aromatic carbocycles. The molecule has 1 aliphatic heterocycles. The highest BCUT2D eigenvalue weighted by Crippen LogP contribution is 2.32. The topological polar surface area (TPSA) is 84.9 Å². The van der Waals surface area contributed by atoms with E-state index in [1.54, 1.807) is 37.3 Å². The monoisotopic (exact) mass is 424 g/mol. The third-order valence-electron chi connectivity index (χ3n) is 4.40. The van der Waals surface area contributed by atoms with Gasteiger partial charge in [-0.25, -0.2) is 8.42 Å². The van der Waals surface area contributed by atoms with Crippen LogP contribution in [0.5, 0.6) is 11.5 Å². The number of ether oxygens (including phenoxy) is 2. The summed E-state index contributed by atoms with van der Waals surface area (Å²) in [5, 5.41) is 3.16. The molecular weight excluding hydrogens is 404 g/mol. The number of rotatable bonds is 6. The van der Waals surface area contributed by atoms with Crippen LogP contribution in [0.3, 0.4) is 0 Å². The SMILES string of the molecule is Cc1ccc(Cl)cc1N([C@@H](C)C(=O)NCc1ccc2c(c1)OCO2)S(C)(=O)=O. The highest BCUT2D eigenvalue weighted by Gasteiger charge is 2.30. The number of carbonyl (C=O) groups excluding carboxylic acids is 1. The van der Waals surface area contributed by atoms with Crippen LogP contribution in [-0.2, 0) is 21.4 Å². The van der Waals surface area contributed by atoms with Gasteiger partial charge in [0.1, 0.15) is 6.04 Å². The van der Waals surface area contributed by atoms with Crippen molar-refractivity contribution in [1.29, 1.82) is 0 Å². The van der Waals surface area contributed by atoms with Gasteiger partial charge in [0, 0.05) is 11.6 Å². The minimum atomic E-state index is -3.72. The van der Waals surface area contributed by atoms with E-state index in [1.165, 1.54) is 6.92 Å². The third kappa shape index (κ3) is 4.34. The van der Waals surface area contributed by atoms with Crippen LogP contribution in [0, 0.1) is 6.92 Å². The second-order valence-corrected chi connectivity index (χ2v) is 8.87. The van der Waals surface area contributed by atoms with Crippen LogP contribution in [0.1, 0.15) is 18.1 Å². The van der Waals surface area contributed by atoms with E-state index in [9.17, 15) is 13.2 Å². The zero-order valence-corrected chi connectivity index (χ0v) is 17.3. The van der Waals surface area contributed by atoms with E-state index >= 15 is 0 Å². The summed E-state index contributed by atoms with van der Waals surface area (Å²) in [6.45, 7) is 3.70. The summed E-state index contributed by atoms with van der Waals surface area (Å²) in [6.07, 6.45) is 1.06. The van der Waals surface area contributed by atoms with Gasteiger partial charge in [-0.15, -0.1) is 0 Å². The second-order valence-electron chi connectivity index (χ2n) is 6.57. The van der Waals surface area contributed by atoms with E-state index in [2.05, 4.69) is 5.32 Å². The molecule has 1 N–H and O–H groups in total. The predicted molar refractivity (Wildman–Crippen MR) is 107 cm³/mol. The molecule has 0 spiro atoms. The minimum absolute atomic E-state index is 0.171. The molecule has 1 aliphatic rings. The molecule has 0 fully saturated rings. The first kappa shape index (κ1) is 20.3. The van der Waals surface area contributed by atoms with Crippen molar-refractivity contribution in [1.82, 2.24) is 5.32 Å². The van der Waals surface area contributed by atoms with Crippen molar-refractivity contribution in [3.05, 3.63) is 52.5 Å². The molecule has 1 amide bonds. The molecule has 0 aromatic heterocycles. The summed E-state index contributed by atoms with van der Waals surface area (Å²) in [6, 6.07) is 9.33. The molecule has 1 heterocycles. The highest BCUT2D eigenvalue weighted by molar-refractivity contribution is 7.92. The molecule has 3 rings (SSSR count). The van der Waals surface area contributed by atoms with Crippen molar-refractivity contribution in [3.63, 3.8) is 0 Å². The van der Waals surface area contributed by atoms with Gasteiger partial charge < -0.3 is 14.8 Å². The van der Waals surface area contributed by atoms with Crippen molar-refractivity contribution in [3.8, 4) is 11.5 Å². The summed E-state index contributed by atoms with van der Waals surface area (Å²) < 4.78 is 36.5. The maximum atomic E-state index is 12.7. The lowest BCUT2D eigenvalue weighted by atomic mass is 10.1. The predicted octanol–water partition coefficient (Wildman–Crippen LogP) is 2.85. The molecule has 150 valence electrons. The molecule has 2 aromatic rings. The number of nitrogens with zero attached hydrogens (tertiary/aromatic N) is 1. The Bertz CT molecular complexity index is 1010. The standard InChI is InChI=1S/C19H21ClN2O5S/c1-12-4-6-15(20)9-16(12)22(28(3,24)25)13(2)19(23)21-10-14-5-7-17-18(8-14)27-11-26-17/h4-9,13H,10-11H2,1-3H3,(H,21,23)/t13-/m0/s1. The lowest BCUT2D eigenvalue weighted by molar-refractivity contribution is -0.122. The normalized spacial score (nSPS) is 13.9. The molecule has 0 saturated carbocycles. The molecule has 0 aliphatic carbocycles. The average Bonchev–Trinajstić information content (AvgIpc) is 3.09. The van der Waals surface area contributed by atoms with E-state index in [4.69, 9.17) is 21.1 Å². The summed E-state index contributed by atoms with van der Waals surface area (Å²) in [5.74, 6) is 0.845. The van der Waals surface area contributed by atoms with Gasteiger partial charge in [0.2, 0.25) is 22.7 Å². The van der Waals surface area contributed by atoms with Gasteiger partial charge in [-0.05, 0) is 49.2 Å². The number of sulfonamides is 1. The average molecular weight is 425 g/mol. The Kier molecular flexibility index (Phi) is 5.71. The fraction of sp³-hybridized carbons (Fsp3) is 0.316. The lowest BCUT2D eigenvalue weighted by Gasteiger charge is -2.29. The Morgan fingerprint density at radius 3 is 2.64 bits per heavy atom. The summed E-state index contributed by atoms with van der Waals surface area (Å²) in [7, 11) is -3.72. The maximum Gasteiger partial charge on any atom is 0.243 e. The van der Waals surface area contributed by atoms with Crippen molar-refractivity contribution >= 4 is 33.2 Å². The van der Waals surface area contributed by atoms with E-state index < -0.39 is 22.0 Å². The second kappa shape index (κ2) is 7.89.